The van der Waals surface area contributed by atoms with Crippen LogP contribution in [0.1, 0.15) is 25.3 Å². The topological polar surface area (TPSA) is 84.9 Å². The number of nitrogens with one attached hydrogen (secondary N) is 1. The number of aryl methyl sites for hydroxylation is 1. The van der Waals surface area contributed by atoms with Crippen LogP contribution >= 0.6 is 0 Å². The number of carbonyl (C=O) groups excluding carboxylic acids is 1. The largest absolute Gasteiger partial charge is 0.497 e. The second kappa shape index (κ2) is 10.9. The first-order chi connectivity index (χ1) is 14.3. The van der Waals surface area contributed by atoms with Gasteiger partial charge in [0.1, 0.15) is 17.5 Å². The van der Waals surface area contributed by atoms with E-state index in [-0.39, 0.29) is 5.91 Å². The molecule has 0 saturated heterocycles. The van der Waals surface area contributed by atoms with Gasteiger partial charge < -0.3 is 14.8 Å². The van der Waals surface area contributed by atoms with Crippen molar-refractivity contribution < 1.29 is 22.7 Å². The number of hydrogen-bond donors (Lipinski definition) is 1. The molecule has 7 nitrogen and oxygen atoms in total. The minimum Gasteiger partial charge on any atom is -0.497 e. The number of nitrogens with zero attached hydrogens (tertiary/aromatic N) is 1. The molecule has 0 heterocycles. The number of rotatable bonds is 11. The Morgan fingerprint density at radius 1 is 1.10 bits per heavy atom. The molecule has 0 spiro atoms. The Kier molecular flexibility index (Phi) is 8.53. The second-order valence-electron chi connectivity index (χ2n) is 6.89. The molecule has 2 rings (SSSR count). The maximum atomic E-state index is 12.9. The van der Waals surface area contributed by atoms with Crippen LogP contribution in [0.25, 0.3) is 0 Å². The van der Waals surface area contributed by atoms with Crippen LogP contribution < -0.4 is 19.1 Å². The lowest BCUT2D eigenvalue weighted by Gasteiger charge is -2.30. The van der Waals surface area contributed by atoms with Crippen LogP contribution in [0.3, 0.4) is 0 Å². The van der Waals surface area contributed by atoms with E-state index >= 15 is 0 Å². The summed E-state index contributed by atoms with van der Waals surface area (Å²) < 4.78 is 36.7. The minimum atomic E-state index is -3.68. The molecular weight excluding hydrogens is 404 g/mol. The number of ether oxygens (including phenoxy) is 2. The van der Waals surface area contributed by atoms with Gasteiger partial charge in [0.15, 0.2) is 0 Å². The molecule has 0 fully saturated rings. The van der Waals surface area contributed by atoms with Crippen molar-refractivity contribution in [2.45, 2.75) is 32.2 Å². The normalized spacial score (nSPS) is 12.1. The highest BCUT2D eigenvalue weighted by atomic mass is 32.2. The average Bonchev–Trinajstić information content (AvgIpc) is 2.74. The highest BCUT2D eigenvalue weighted by Gasteiger charge is 2.31. The number of hydrogen-bond acceptors (Lipinski definition) is 5. The Bertz CT molecular complexity index is 946. The summed E-state index contributed by atoms with van der Waals surface area (Å²) in [5, 5.41) is 2.88. The molecule has 0 aliphatic rings. The molecule has 8 heteroatoms. The number of sulfonamides is 1. The summed E-state index contributed by atoms with van der Waals surface area (Å²) in [5.74, 6) is 1.01. The molecule has 1 amide bonds. The van der Waals surface area contributed by atoms with E-state index in [1.807, 2.05) is 24.3 Å². The van der Waals surface area contributed by atoms with Gasteiger partial charge in [0.2, 0.25) is 15.9 Å². The predicted octanol–water partition coefficient (Wildman–Crippen LogP) is 3.00. The summed E-state index contributed by atoms with van der Waals surface area (Å²) in [6.45, 7) is 2.22. The van der Waals surface area contributed by atoms with Gasteiger partial charge in [-0.05, 0) is 43.0 Å². The lowest BCUT2D eigenvalue weighted by atomic mass is 10.1. The molecule has 0 radical (unpaired) electrons. The lowest BCUT2D eigenvalue weighted by molar-refractivity contribution is -0.122. The fourth-order valence-electron chi connectivity index (χ4n) is 3.33. The molecule has 1 atom stereocenters. The number of anilines is 1. The van der Waals surface area contributed by atoms with Crippen molar-refractivity contribution >= 4 is 21.6 Å². The zero-order valence-electron chi connectivity index (χ0n) is 17.9. The summed E-state index contributed by atoms with van der Waals surface area (Å²) in [5.41, 5.74) is 1.46. The van der Waals surface area contributed by atoms with Gasteiger partial charge in [-0.1, -0.05) is 31.2 Å². The van der Waals surface area contributed by atoms with Crippen LogP contribution in [0.5, 0.6) is 11.5 Å². The lowest BCUT2D eigenvalue weighted by Crippen LogP contribution is -2.49. The zero-order valence-corrected chi connectivity index (χ0v) is 18.7. The van der Waals surface area contributed by atoms with Gasteiger partial charge >= 0.3 is 0 Å². The summed E-state index contributed by atoms with van der Waals surface area (Å²) in [7, 11) is -0.542. The molecule has 0 aromatic heterocycles. The molecule has 2 aromatic rings. The molecule has 0 aliphatic heterocycles. The van der Waals surface area contributed by atoms with Crippen molar-refractivity contribution in [3.05, 3.63) is 54.1 Å². The third-order valence-corrected chi connectivity index (χ3v) is 5.93. The number of methoxy groups -OCH3 is 2. The molecule has 1 N–H and O–H groups in total. The highest BCUT2D eigenvalue weighted by Crippen LogP contribution is 2.26. The summed E-state index contributed by atoms with van der Waals surface area (Å²) in [4.78, 5) is 12.9. The average molecular weight is 435 g/mol. The minimum absolute atomic E-state index is 0.328. The fraction of sp³-hybridized carbons (Fsp3) is 0.409. The monoisotopic (exact) mass is 434 g/mol. The maximum absolute atomic E-state index is 12.9. The van der Waals surface area contributed by atoms with Crippen LogP contribution in [-0.2, 0) is 21.2 Å². The van der Waals surface area contributed by atoms with Gasteiger partial charge in [-0.3, -0.25) is 9.10 Å². The van der Waals surface area contributed by atoms with Gasteiger partial charge in [-0.25, -0.2) is 8.42 Å². The summed E-state index contributed by atoms with van der Waals surface area (Å²) in [6.07, 6.45) is 2.89. The molecule has 0 aliphatic carbocycles. The first kappa shape index (κ1) is 23.5. The van der Waals surface area contributed by atoms with E-state index in [9.17, 15) is 13.2 Å². The number of carbonyl (C=O) groups is 1. The number of amides is 1. The number of benzene rings is 2. The predicted molar refractivity (Wildman–Crippen MR) is 119 cm³/mol. The highest BCUT2D eigenvalue weighted by molar-refractivity contribution is 7.92. The van der Waals surface area contributed by atoms with Crippen LogP contribution in [0.2, 0.25) is 0 Å². The molecule has 164 valence electrons. The molecule has 0 unspecified atom stereocenters. The van der Waals surface area contributed by atoms with Gasteiger partial charge in [-0.15, -0.1) is 0 Å². The van der Waals surface area contributed by atoms with E-state index in [1.165, 1.54) is 7.11 Å². The first-order valence-electron chi connectivity index (χ1n) is 9.84. The maximum Gasteiger partial charge on any atom is 0.243 e. The Morgan fingerprint density at radius 3 is 2.47 bits per heavy atom. The quantitative estimate of drug-likeness (QED) is 0.550. The standard InChI is InChI=1S/C22H30N2O5S/c1-5-20(24(30(4,26)27)18-12-8-13-19(16-18)28-2)22(25)23-15-9-11-17-10-6-7-14-21(17)29-3/h6-8,10,12-14,16,20H,5,9,11,15H2,1-4H3,(H,23,25)/t20-/m1/s1. The third kappa shape index (κ3) is 6.13. The molecule has 0 bridgehead atoms. The van der Waals surface area contributed by atoms with Gasteiger partial charge in [0.05, 0.1) is 26.2 Å². The Labute approximate surface area is 179 Å². The van der Waals surface area contributed by atoms with Crippen molar-refractivity contribution in [3.63, 3.8) is 0 Å². The van der Waals surface area contributed by atoms with Crippen LogP contribution in [0.4, 0.5) is 5.69 Å². The van der Waals surface area contributed by atoms with E-state index in [0.717, 1.165) is 28.3 Å². The van der Waals surface area contributed by atoms with Crippen molar-refractivity contribution in [2.24, 2.45) is 0 Å². The van der Waals surface area contributed by atoms with Crippen molar-refractivity contribution in [1.82, 2.24) is 5.32 Å². The van der Waals surface area contributed by atoms with Crippen molar-refractivity contribution in [3.8, 4) is 11.5 Å². The molecule has 30 heavy (non-hydrogen) atoms. The summed E-state index contributed by atoms with van der Waals surface area (Å²) in [6, 6.07) is 13.6. The Hall–Kier alpha value is -2.74. The summed E-state index contributed by atoms with van der Waals surface area (Å²) >= 11 is 0. The first-order valence-corrected chi connectivity index (χ1v) is 11.7. The number of para-hydroxylation sites is 1. The molecule has 2 aromatic carbocycles. The van der Waals surface area contributed by atoms with E-state index in [1.54, 1.807) is 38.3 Å². The fourth-order valence-corrected chi connectivity index (χ4v) is 4.53. The van der Waals surface area contributed by atoms with Gasteiger partial charge in [-0.2, -0.15) is 0 Å². The zero-order chi connectivity index (χ0) is 22.1. The SMILES string of the molecule is CC[C@H](C(=O)NCCCc1ccccc1OC)N(c1cccc(OC)c1)S(C)(=O)=O. The van der Waals surface area contributed by atoms with Crippen molar-refractivity contribution in [2.75, 3.05) is 31.3 Å². The van der Waals surface area contributed by atoms with E-state index < -0.39 is 16.1 Å². The molecular formula is C22H30N2O5S. The van der Waals surface area contributed by atoms with E-state index in [0.29, 0.717) is 30.8 Å². The van der Waals surface area contributed by atoms with E-state index in [4.69, 9.17) is 9.47 Å². The van der Waals surface area contributed by atoms with Crippen LogP contribution in [0.15, 0.2) is 48.5 Å². The Balaban J connectivity index is 2.08. The second-order valence-corrected chi connectivity index (χ2v) is 8.75. The van der Waals surface area contributed by atoms with E-state index in [2.05, 4.69) is 5.32 Å². The smallest absolute Gasteiger partial charge is 0.243 e. The van der Waals surface area contributed by atoms with Gasteiger partial charge in [0, 0.05) is 12.6 Å². The molecule has 0 saturated carbocycles. The van der Waals surface area contributed by atoms with Gasteiger partial charge in [0.25, 0.3) is 0 Å². The van der Waals surface area contributed by atoms with Crippen molar-refractivity contribution in [1.29, 1.82) is 0 Å². The Morgan fingerprint density at radius 2 is 1.83 bits per heavy atom. The van der Waals surface area contributed by atoms with Crippen LogP contribution in [0, 0.1) is 0 Å². The third-order valence-electron chi connectivity index (χ3n) is 4.75. The van der Waals surface area contributed by atoms with Crippen LogP contribution in [-0.4, -0.2) is 47.4 Å².